The van der Waals surface area contributed by atoms with Crippen LogP contribution in [0.1, 0.15) is 24.0 Å². The second-order valence-electron chi connectivity index (χ2n) is 4.60. The van der Waals surface area contributed by atoms with Crippen LogP contribution in [0.5, 0.6) is 0 Å². The number of aliphatic hydroxyl groups is 1. The Morgan fingerprint density at radius 1 is 1.32 bits per heavy atom. The molecule has 1 saturated carbocycles. The average Bonchev–Trinajstić information content (AvgIpc) is 3.08. The van der Waals surface area contributed by atoms with E-state index in [9.17, 15) is 22.0 Å². The van der Waals surface area contributed by atoms with E-state index < -0.39 is 35.4 Å². The third-order valence-corrected chi connectivity index (χ3v) is 3.21. The second-order valence-corrected chi connectivity index (χ2v) is 4.60. The summed E-state index contributed by atoms with van der Waals surface area (Å²) in [7, 11) is 0. The molecule has 0 heterocycles. The van der Waals surface area contributed by atoms with Crippen LogP contribution >= 0.6 is 0 Å². The van der Waals surface area contributed by atoms with Gasteiger partial charge in [0, 0.05) is 5.41 Å². The van der Waals surface area contributed by atoms with Gasteiger partial charge in [0.1, 0.15) is 11.6 Å². The Bertz CT molecular complexity index is 514. The molecule has 0 aromatic heterocycles. The third kappa shape index (κ3) is 2.78. The molecule has 104 valence electrons. The molecule has 2 rings (SSSR count). The van der Waals surface area contributed by atoms with Crippen molar-refractivity contribution in [3.8, 4) is 0 Å². The lowest BCUT2D eigenvalue weighted by atomic mass is 9.93. The number of alkyl halides is 3. The molecule has 0 amide bonds. The fraction of sp³-hybridized carbons (Fsp3) is 0.385. The number of rotatable bonds is 3. The summed E-state index contributed by atoms with van der Waals surface area (Å²) in [4.78, 5) is 0. The number of hydrogen-bond acceptors (Lipinski definition) is 1. The molecular weight excluding hydrogens is 267 g/mol. The smallest absolute Gasteiger partial charge is 0.389 e. The van der Waals surface area contributed by atoms with E-state index in [1.807, 2.05) is 0 Å². The first-order valence-electron chi connectivity index (χ1n) is 5.64. The second kappa shape index (κ2) is 4.59. The SMILES string of the molecule is OCC(F)=CC1(c2ccc(C(F)(F)F)cc2F)CC1. The van der Waals surface area contributed by atoms with Crippen molar-refractivity contribution in [2.75, 3.05) is 6.61 Å². The van der Waals surface area contributed by atoms with Gasteiger partial charge in [-0.2, -0.15) is 13.2 Å². The monoisotopic (exact) mass is 278 g/mol. The summed E-state index contributed by atoms with van der Waals surface area (Å²) in [5, 5.41) is 8.61. The Kier molecular flexibility index (Phi) is 3.38. The number of benzene rings is 1. The van der Waals surface area contributed by atoms with E-state index in [1.54, 1.807) is 0 Å². The Labute approximate surface area is 106 Å². The first kappa shape index (κ1) is 14.0. The van der Waals surface area contributed by atoms with Gasteiger partial charge in [0.2, 0.25) is 0 Å². The standard InChI is InChI=1S/C13H11F5O/c14-9(7-19)6-12(3-4-12)10-2-1-8(5-11(10)15)13(16,17)18/h1-2,5-6,19H,3-4,7H2. The summed E-state index contributed by atoms with van der Waals surface area (Å²) in [6.45, 7) is -0.802. The van der Waals surface area contributed by atoms with E-state index in [1.165, 1.54) is 0 Å². The van der Waals surface area contributed by atoms with Crippen LogP contribution < -0.4 is 0 Å². The van der Waals surface area contributed by atoms with Gasteiger partial charge in [0.25, 0.3) is 0 Å². The molecule has 1 nitrogen and oxygen atoms in total. The fourth-order valence-electron chi connectivity index (χ4n) is 2.07. The zero-order valence-corrected chi connectivity index (χ0v) is 9.77. The predicted octanol–water partition coefficient (Wildman–Crippen LogP) is 3.72. The average molecular weight is 278 g/mol. The summed E-state index contributed by atoms with van der Waals surface area (Å²) in [6.07, 6.45) is -2.63. The molecule has 1 aromatic rings. The summed E-state index contributed by atoms with van der Waals surface area (Å²) >= 11 is 0. The van der Waals surface area contributed by atoms with Crippen molar-refractivity contribution in [2.45, 2.75) is 24.4 Å². The highest BCUT2D eigenvalue weighted by Crippen LogP contribution is 2.51. The normalized spacial score (nSPS) is 18.5. The van der Waals surface area contributed by atoms with Crippen LogP contribution in [-0.4, -0.2) is 11.7 Å². The molecule has 0 spiro atoms. The predicted molar refractivity (Wildman–Crippen MR) is 58.6 cm³/mol. The molecule has 19 heavy (non-hydrogen) atoms. The maximum atomic E-state index is 13.8. The zero-order valence-electron chi connectivity index (χ0n) is 9.77. The maximum Gasteiger partial charge on any atom is 0.416 e. The first-order chi connectivity index (χ1) is 8.78. The molecule has 6 heteroatoms. The minimum Gasteiger partial charge on any atom is -0.389 e. The van der Waals surface area contributed by atoms with E-state index in [-0.39, 0.29) is 5.56 Å². The van der Waals surface area contributed by atoms with E-state index in [4.69, 9.17) is 5.11 Å². The van der Waals surface area contributed by atoms with Gasteiger partial charge < -0.3 is 5.11 Å². The van der Waals surface area contributed by atoms with Crippen LogP contribution in [0.2, 0.25) is 0 Å². The Balaban J connectivity index is 2.38. The lowest BCUT2D eigenvalue weighted by molar-refractivity contribution is -0.137. The Hall–Kier alpha value is -1.43. The van der Waals surface area contributed by atoms with Crippen molar-refractivity contribution < 1.29 is 27.1 Å². The zero-order chi connectivity index (χ0) is 14.3. The van der Waals surface area contributed by atoms with Gasteiger partial charge in [-0.3, -0.25) is 0 Å². The fourth-order valence-corrected chi connectivity index (χ4v) is 2.07. The lowest BCUT2D eigenvalue weighted by Gasteiger charge is -2.14. The summed E-state index contributed by atoms with van der Waals surface area (Å²) in [5.74, 6) is -1.81. The van der Waals surface area contributed by atoms with Crippen molar-refractivity contribution in [3.63, 3.8) is 0 Å². The van der Waals surface area contributed by atoms with Crippen LogP contribution in [0.15, 0.2) is 30.1 Å². The Morgan fingerprint density at radius 3 is 2.37 bits per heavy atom. The van der Waals surface area contributed by atoms with Gasteiger partial charge in [-0.25, -0.2) is 8.78 Å². The van der Waals surface area contributed by atoms with Gasteiger partial charge in [-0.1, -0.05) is 6.07 Å². The molecule has 0 radical (unpaired) electrons. The highest BCUT2D eigenvalue weighted by Gasteiger charge is 2.45. The molecule has 0 atom stereocenters. The quantitative estimate of drug-likeness (QED) is 0.835. The molecule has 1 aliphatic rings. The lowest BCUT2D eigenvalue weighted by Crippen LogP contribution is -2.11. The minimum atomic E-state index is -4.61. The number of hydrogen-bond donors (Lipinski definition) is 1. The van der Waals surface area contributed by atoms with Gasteiger partial charge in [-0.15, -0.1) is 0 Å². The first-order valence-corrected chi connectivity index (χ1v) is 5.64. The van der Waals surface area contributed by atoms with E-state index in [0.717, 1.165) is 18.2 Å². The molecule has 1 fully saturated rings. The molecule has 0 aliphatic heterocycles. The van der Waals surface area contributed by atoms with E-state index >= 15 is 0 Å². The van der Waals surface area contributed by atoms with Gasteiger partial charge in [0.15, 0.2) is 0 Å². The molecule has 0 saturated heterocycles. The molecule has 1 aliphatic carbocycles. The summed E-state index contributed by atoms with van der Waals surface area (Å²) in [5.41, 5.74) is -1.96. The number of aliphatic hydroxyl groups excluding tert-OH is 1. The van der Waals surface area contributed by atoms with Crippen molar-refractivity contribution in [3.05, 3.63) is 47.0 Å². The molecule has 0 unspecified atom stereocenters. The third-order valence-electron chi connectivity index (χ3n) is 3.21. The van der Waals surface area contributed by atoms with Crippen molar-refractivity contribution >= 4 is 0 Å². The maximum absolute atomic E-state index is 13.8. The molecular formula is C13H11F5O. The summed E-state index contributed by atoms with van der Waals surface area (Å²) in [6, 6.07) is 2.23. The minimum absolute atomic E-state index is 0.0316. The molecule has 1 N–H and O–H groups in total. The van der Waals surface area contributed by atoms with E-state index in [2.05, 4.69) is 0 Å². The van der Waals surface area contributed by atoms with Crippen molar-refractivity contribution in [1.82, 2.24) is 0 Å². The van der Waals surface area contributed by atoms with Crippen LogP contribution in [-0.2, 0) is 11.6 Å². The highest BCUT2D eigenvalue weighted by molar-refractivity contribution is 5.41. The Morgan fingerprint density at radius 2 is 1.95 bits per heavy atom. The van der Waals surface area contributed by atoms with Gasteiger partial charge >= 0.3 is 6.18 Å². The highest BCUT2D eigenvalue weighted by atomic mass is 19.4. The summed E-state index contributed by atoms with van der Waals surface area (Å²) < 4.78 is 64.0. The largest absolute Gasteiger partial charge is 0.416 e. The van der Waals surface area contributed by atoms with Crippen LogP contribution in [0.3, 0.4) is 0 Å². The van der Waals surface area contributed by atoms with Crippen LogP contribution in [0, 0.1) is 5.82 Å². The number of halogens is 5. The van der Waals surface area contributed by atoms with E-state index in [0.29, 0.717) is 18.9 Å². The van der Waals surface area contributed by atoms with Crippen LogP contribution in [0.4, 0.5) is 22.0 Å². The topological polar surface area (TPSA) is 20.2 Å². The van der Waals surface area contributed by atoms with Gasteiger partial charge in [-0.05, 0) is 36.6 Å². The number of allylic oxidation sites excluding steroid dienone is 1. The van der Waals surface area contributed by atoms with Gasteiger partial charge in [0.05, 0.1) is 12.2 Å². The van der Waals surface area contributed by atoms with Crippen molar-refractivity contribution in [1.29, 1.82) is 0 Å². The van der Waals surface area contributed by atoms with Crippen molar-refractivity contribution in [2.24, 2.45) is 0 Å². The molecule has 1 aromatic carbocycles. The van der Waals surface area contributed by atoms with Crippen LogP contribution in [0.25, 0.3) is 0 Å². The molecule has 0 bridgehead atoms.